The first-order chi connectivity index (χ1) is 12.5. The summed E-state index contributed by atoms with van der Waals surface area (Å²) >= 11 is 0. The smallest absolute Gasteiger partial charge is 0.262 e. The Morgan fingerprint density at radius 1 is 1.23 bits per heavy atom. The molecule has 26 heavy (non-hydrogen) atoms. The van der Waals surface area contributed by atoms with E-state index in [4.69, 9.17) is 0 Å². The lowest BCUT2D eigenvalue weighted by Crippen LogP contribution is -2.11. The molecule has 1 unspecified atom stereocenters. The van der Waals surface area contributed by atoms with Gasteiger partial charge in [-0.3, -0.25) is 14.8 Å². The second kappa shape index (κ2) is 5.87. The lowest BCUT2D eigenvalue weighted by atomic mass is 10.1. The maximum atomic E-state index is 11.2. The molecule has 132 valence electrons. The molecule has 0 aliphatic carbocycles. The van der Waals surface area contributed by atoms with Gasteiger partial charge >= 0.3 is 5.69 Å². The van der Waals surface area contributed by atoms with Crippen LogP contribution in [0, 0.1) is 24.0 Å². The highest BCUT2D eigenvalue weighted by molar-refractivity contribution is 5.90. The fourth-order valence-corrected chi connectivity index (χ4v) is 3.18. The number of rotatable bonds is 4. The van der Waals surface area contributed by atoms with Crippen molar-refractivity contribution < 1.29 is 4.92 Å². The number of aromatic nitrogens is 6. The first kappa shape index (κ1) is 16.1. The summed E-state index contributed by atoms with van der Waals surface area (Å²) in [6.07, 6.45) is 1.65. The summed E-state index contributed by atoms with van der Waals surface area (Å²) in [4.78, 5) is 19.8. The van der Waals surface area contributed by atoms with E-state index in [0.717, 1.165) is 16.6 Å². The van der Waals surface area contributed by atoms with Gasteiger partial charge in [-0.25, -0.2) is 14.5 Å². The average Bonchev–Trinajstić information content (AvgIpc) is 3.16. The Kier molecular flexibility index (Phi) is 3.64. The van der Waals surface area contributed by atoms with Gasteiger partial charge in [-0.15, -0.1) is 5.10 Å². The number of fused-ring (bicyclic) bond motifs is 3. The topological polar surface area (TPSA) is 104 Å². The number of aryl methyl sites for hydroxylation is 1. The molecule has 3 aromatic heterocycles. The van der Waals surface area contributed by atoms with Crippen molar-refractivity contribution in [2.75, 3.05) is 0 Å². The van der Waals surface area contributed by atoms with Gasteiger partial charge in [-0.05, 0) is 26.0 Å². The molecule has 0 radical (unpaired) electrons. The lowest BCUT2D eigenvalue weighted by molar-refractivity contribution is -0.386. The second-order valence-electron chi connectivity index (χ2n) is 6.36. The Morgan fingerprint density at radius 3 is 2.73 bits per heavy atom. The molecule has 0 saturated heterocycles. The number of para-hydroxylation sites is 1. The van der Waals surface area contributed by atoms with Gasteiger partial charge in [0.1, 0.15) is 17.7 Å². The molecule has 0 fully saturated rings. The predicted octanol–water partition coefficient (Wildman–Crippen LogP) is 2.80. The zero-order valence-electron chi connectivity index (χ0n) is 14.6. The molecule has 0 aliphatic heterocycles. The number of hydrogen-bond acceptors (Lipinski definition) is 6. The molecule has 1 aromatic carbocycles. The van der Waals surface area contributed by atoms with Gasteiger partial charge in [0.05, 0.1) is 17.0 Å². The molecule has 3 heterocycles. The third-order valence-corrected chi connectivity index (χ3v) is 4.51. The van der Waals surface area contributed by atoms with Crippen LogP contribution in [-0.2, 0) is 6.54 Å². The van der Waals surface area contributed by atoms with Crippen LogP contribution in [-0.4, -0.2) is 34.3 Å². The number of nitro groups is 1. The molecule has 9 heteroatoms. The van der Waals surface area contributed by atoms with Crippen LogP contribution in [0.1, 0.15) is 30.1 Å². The largest absolute Gasteiger partial charge is 0.312 e. The Balaban J connectivity index is 1.71. The van der Waals surface area contributed by atoms with E-state index in [1.807, 2.05) is 31.2 Å². The van der Waals surface area contributed by atoms with Crippen molar-refractivity contribution >= 4 is 22.2 Å². The van der Waals surface area contributed by atoms with Gasteiger partial charge in [0.15, 0.2) is 11.5 Å². The van der Waals surface area contributed by atoms with E-state index in [1.54, 1.807) is 29.4 Å². The molecule has 1 atom stereocenters. The maximum Gasteiger partial charge on any atom is 0.312 e. The highest BCUT2D eigenvalue weighted by atomic mass is 16.6. The van der Waals surface area contributed by atoms with Crippen molar-refractivity contribution in [3.05, 3.63) is 57.9 Å². The molecule has 0 N–H and O–H groups in total. The first-order valence-electron chi connectivity index (χ1n) is 8.24. The van der Waals surface area contributed by atoms with Crippen molar-refractivity contribution in [3.8, 4) is 0 Å². The van der Waals surface area contributed by atoms with Crippen LogP contribution >= 0.6 is 0 Å². The Hall–Kier alpha value is -3.36. The quantitative estimate of drug-likeness (QED) is 0.413. The molecular formula is C17H17N7O2. The standard InChI is InChI=1S/C17H17N7O2/c1-10(8-22-12(3)15(24(25)26)11(2)20-22)16-19-17-13-6-4-5-7-14(13)18-9-23(17)21-16/h4-7,9-10H,8H2,1-3H3. The Morgan fingerprint density at radius 2 is 2.00 bits per heavy atom. The summed E-state index contributed by atoms with van der Waals surface area (Å²) < 4.78 is 3.32. The zero-order valence-corrected chi connectivity index (χ0v) is 14.6. The van der Waals surface area contributed by atoms with Crippen LogP contribution in [0.5, 0.6) is 0 Å². The predicted molar refractivity (Wildman–Crippen MR) is 95.1 cm³/mol. The zero-order chi connectivity index (χ0) is 18.4. The lowest BCUT2D eigenvalue weighted by Gasteiger charge is -2.08. The van der Waals surface area contributed by atoms with Crippen molar-refractivity contribution in [3.63, 3.8) is 0 Å². The minimum Gasteiger partial charge on any atom is -0.262 e. The number of benzene rings is 1. The minimum atomic E-state index is -0.389. The van der Waals surface area contributed by atoms with E-state index < -0.39 is 0 Å². The molecule has 4 rings (SSSR count). The van der Waals surface area contributed by atoms with Crippen LogP contribution in [0.15, 0.2) is 30.6 Å². The molecule has 9 nitrogen and oxygen atoms in total. The van der Waals surface area contributed by atoms with Gasteiger partial charge in [0, 0.05) is 11.3 Å². The van der Waals surface area contributed by atoms with E-state index in [-0.39, 0.29) is 16.5 Å². The van der Waals surface area contributed by atoms with Gasteiger partial charge in [0.2, 0.25) is 0 Å². The average molecular weight is 351 g/mol. The Bertz CT molecular complexity index is 1140. The normalized spacial score (nSPS) is 12.7. The van der Waals surface area contributed by atoms with Gasteiger partial charge in [-0.2, -0.15) is 5.10 Å². The van der Waals surface area contributed by atoms with Crippen LogP contribution in [0.25, 0.3) is 16.6 Å². The summed E-state index contributed by atoms with van der Waals surface area (Å²) in [5.74, 6) is 0.588. The molecule has 0 amide bonds. The fraction of sp³-hybridized carbons (Fsp3) is 0.294. The van der Waals surface area contributed by atoms with Gasteiger partial charge < -0.3 is 0 Å². The van der Waals surface area contributed by atoms with Gasteiger partial charge in [0.25, 0.3) is 0 Å². The molecule has 0 spiro atoms. The van der Waals surface area contributed by atoms with Gasteiger partial charge in [-0.1, -0.05) is 19.1 Å². The summed E-state index contributed by atoms with van der Waals surface area (Å²) in [5.41, 5.74) is 2.63. The van der Waals surface area contributed by atoms with E-state index in [9.17, 15) is 10.1 Å². The third kappa shape index (κ3) is 2.48. The maximum absolute atomic E-state index is 11.2. The monoisotopic (exact) mass is 351 g/mol. The van der Waals surface area contributed by atoms with E-state index >= 15 is 0 Å². The summed E-state index contributed by atoms with van der Waals surface area (Å²) in [6, 6.07) is 7.77. The van der Waals surface area contributed by atoms with Crippen molar-refractivity contribution in [2.24, 2.45) is 0 Å². The van der Waals surface area contributed by atoms with E-state index in [0.29, 0.717) is 23.8 Å². The first-order valence-corrected chi connectivity index (χ1v) is 8.24. The molecule has 4 aromatic rings. The minimum absolute atomic E-state index is 0.0636. The Labute approximate surface area is 148 Å². The van der Waals surface area contributed by atoms with E-state index in [1.165, 1.54) is 0 Å². The second-order valence-corrected chi connectivity index (χ2v) is 6.36. The summed E-state index contributed by atoms with van der Waals surface area (Å²) in [6.45, 7) is 5.79. The van der Waals surface area contributed by atoms with Crippen molar-refractivity contribution in [2.45, 2.75) is 33.2 Å². The number of hydrogen-bond donors (Lipinski definition) is 0. The molecular weight excluding hydrogens is 334 g/mol. The molecule has 0 saturated carbocycles. The third-order valence-electron chi connectivity index (χ3n) is 4.51. The van der Waals surface area contributed by atoms with Crippen LogP contribution in [0.2, 0.25) is 0 Å². The molecule has 0 bridgehead atoms. The van der Waals surface area contributed by atoms with Crippen LogP contribution < -0.4 is 0 Å². The SMILES string of the molecule is Cc1nn(CC(C)c2nc3c4ccccc4ncn3n2)c(C)c1[N+](=O)[O-]. The highest BCUT2D eigenvalue weighted by Gasteiger charge is 2.24. The van der Waals surface area contributed by atoms with E-state index in [2.05, 4.69) is 20.2 Å². The summed E-state index contributed by atoms with van der Waals surface area (Å²) in [7, 11) is 0. The van der Waals surface area contributed by atoms with Crippen molar-refractivity contribution in [1.82, 2.24) is 29.4 Å². The molecule has 0 aliphatic rings. The highest BCUT2D eigenvalue weighted by Crippen LogP contribution is 2.25. The fourth-order valence-electron chi connectivity index (χ4n) is 3.18. The van der Waals surface area contributed by atoms with Crippen LogP contribution in [0.4, 0.5) is 5.69 Å². The van der Waals surface area contributed by atoms with Crippen LogP contribution in [0.3, 0.4) is 0 Å². The number of nitrogens with zero attached hydrogens (tertiary/aromatic N) is 7. The summed E-state index contributed by atoms with van der Waals surface area (Å²) in [5, 5.41) is 20.9. The van der Waals surface area contributed by atoms with Crippen molar-refractivity contribution in [1.29, 1.82) is 0 Å².